The minimum Gasteiger partial charge on any atom is -0.290 e. The Balaban J connectivity index is 1.61. The fraction of sp³-hybridized carbons (Fsp3) is 0.389. The molecule has 22 heavy (non-hydrogen) atoms. The van der Waals surface area contributed by atoms with Gasteiger partial charge >= 0.3 is 0 Å². The van der Waals surface area contributed by atoms with Crippen LogP contribution in [0.15, 0.2) is 30.3 Å². The van der Waals surface area contributed by atoms with Gasteiger partial charge in [-0.3, -0.25) is 10.1 Å². The number of carbonyl (C=O) groups excluding carboxylic acids is 1. The fourth-order valence-electron chi connectivity index (χ4n) is 3.93. The number of hydrogen-bond acceptors (Lipinski definition) is 3. The smallest absolute Gasteiger partial charge is 0.258 e. The Bertz CT molecular complexity index is 767. The Morgan fingerprint density at radius 3 is 2.68 bits per heavy atom. The molecule has 1 saturated carbocycles. The second-order valence-corrected chi connectivity index (χ2v) is 6.92. The topological polar surface area (TPSA) is 54.9 Å². The number of aromatic nitrogens is 2. The zero-order chi connectivity index (χ0) is 15.5. The molecule has 1 N–H and O–H groups in total. The third-order valence-electron chi connectivity index (χ3n) is 5.25. The molecule has 2 atom stereocenters. The minimum absolute atomic E-state index is 0.163. The maximum Gasteiger partial charge on any atom is 0.258 e. The molecule has 2 aromatic rings. The molecular formula is C18H19N3O. The first-order valence-electron chi connectivity index (χ1n) is 7.72. The Morgan fingerprint density at radius 1 is 1.23 bits per heavy atom. The van der Waals surface area contributed by atoms with E-state index >= 15 is 0 Å². The van der Waals surface area contributed by atoms with Crippen molar-refractivity contribution in [3.05, 3.63) is 52.8 Å². The van der Waals surface area contributed by atoms with Crippen LogP contribution >= 0.6 is 0 Å². The third kappa shape index (κ3) is 1.86. The lowest BCUT2D eigenvalue weighted by Crippen LogP contribution is -2.16. The highest BCUT2D eigenvalue weighted by atomic mass is 16.1. The van der Waals surface area contributed by atoms with Gasteiger partial charge in [-0.2, -0.15) is 0 Å². The molecule has 0 bridgehead atoms. The van der Waals surface area contributed by atoms with Crippen LogP contribution in [0, 0.1) is 18.3 Å². The number of nitrogens with zero attached hydrogens (tertiary/aromatic N) is 2. The number of aryl methyl sites for hydroxylation is 1. The van der Waals surface area contributed by atoms with Crippen molar-refractivity contribution in [3.63, 3.8) is 0 Å². The SMILES string of the molecule is Cc1nc(NC(=O)c2ccccc2)nc2c1C1C(C2)C1(C)C. The van der Waals surface area contributed by atoms with E-state index in [9.17, 15) is 4.79 Å². The highest BCUT2D eigenvalue weighted by Crippen LogP contribution is 2.70. The van der Waals surface area contributed by atoms with Crippen LogP contribution in [0.3, 0.4) is 0 Å². The van der Waals surface area contributed by atoms with Gasteiger partial charge in [0.2, 0.25) is 5.95 Å². The number of amides is 1. The normalized spacial score (nSPS) is 23.6. The van der Waals surface area contributed by atoms with Gasteiger partial charge in [0, 0.05) is 11.3 Å². The van der Waals surface area contributed by atoms with Gasteiger partial charge in [-0.05, 0) is 48.3 Å². The molecule has 1 aromatic carbocycles. The number of fused-ring (bicyclic) bond motifs is 3. The van der Waals surface area contributed by atoms with Crippen LogP contribution in [0.25, 0.3) is 0 Å². The van der Waals surface area contributed by atoms with E-state index in [0.717, 1.165) is 17.8 Å². The van der Waals surface area contributed by atoms with E-state index in [4.69, 9.17) is 0 Å². The molecule has 2 aliphatic rings. The van der Waals surface area contributed by atoms with Crippen molar-refractivity contribution in [1.29, 1.82) is 0 Å². The zero-order valence-corrected chi connectivity index (χ0v) is 13.1. The average Bonchev–Trinajstić information content (AvgIpc) is 2.86. The molecule has 2 unspecified atom stereocenters. The van der Waals surface area contributed by atoms with Crippen LogP contribution in [0.4, 0.5) is 5.95 Å². The van der Waals surface area contributed by atoms with Gasteiger partial charge in [0.15, 0.2) is 0 Å². The lowest BCUT2D eigenvalue weighted by molar-refractivity contribution is 0.102. The highest BCUT2D eigenvalue weighted by molar-refractivity contribution is 6.03. The number of benzene rings is 1. The molecule has 0 spiro atoms. The van der Waals surface area contributed by atoms with Gasteiger partial charge in [-0.15, -0.1) is 0 Å². The Morgan fingerprint density at radius 2 is 1.95 bits per heavy atom. The molecule has 4 nitrogen and oxygen atoms in total. The first kappa shape index (κ1) is 13.4. The third-order valence-corrected chi connectivity index (χ3v) is 5.25. The molecule has 112 valence electrons. The minimum atomic E-state index is -0.163. The lowest BCUT2D eigenvalue weighted by atomic mass is 9.97. The van der Waals surface area contributed by atoms with Crippen LogP contribution < -0.4 is 5.32 Å². The number of anilines is 1. The molecule has 1 heterocycles. The monoisotopic (exact) mass is 293 g/mol. The van der Waals surface area contributed by atoms with E-state index in [1.54, 1.807) is 12.1 Å². The van der Waals surface area contributed by atoms with Gasteiger partial charge in [0.25, 0.3) is 5.91 Å². The van der Waals surface area contributed by atoms with Crippen molar-refractivity contribution in [2.45, 2.75) is 33.1 Å². The summed E-state index contributed by atoms with van der Waals surface area (Å²) in [6.07, 6.45) is 1.00. The quantitative estimate of drug-likeness (QED) is 0.924. The summed E-state index contributed by atoms with van der Waals surface area (Å²) in [6.45, 7) is 6.65. The summed E-state index contributed by atoms with van der Waals surface area (Å²) in [5.74, 6) is 1.55. The van der Waals surface area contributed by atoms with Gasteiger partial charge in [-0.25, -0.2) is 9.97 Å². The van der Waals surface area contributed by atoms with Crippen LogP contribution in [0.2, 0.25) is 0 Å². The van der Waals surface area contributed by atoms with Crippen molar-refractivity contribution in [2.24, 2.45) is 11.3 Å². The van der Waals surface area contributed by atoms with Crippen molar-refractivity contribution in [1.82, 2.24) is 9.97 Å². The first-order valence-corrected chi connectivity index (χ1v) is 7.72. The number of carbonyl (C=O) groups is 1. The summed E-state index contributed by atoms with van der Waals surface area (Å²) in [7, 11) is 0. The summed E-state index contributed by atoms with van der Waals surface area (Å²) in [5, 5.41) is 2.82. The van der Waals surface area contributed by atoms with Crippen LogP contribution in [-0.2, 0) is 6.42 Å². The van der Waals surface area contributed by atoms with Gasteiger partial charge in [0.1, 0.15) is 0 Å². The van der Waals surface area contributed by atoms with Crippen molar-refractivity contribution < 1.29 is 4.79 Å². The highest BCUT2D eigenvalue weighted by Gasteiger charge is 2.63. The first-order chi connectivity index (χ1) is 10.5. The maximum atomic E-state index is 12.2. The molecule has 4 heteroatoms. The molecule has 0 radical (unpaired) electrons. The van der Waals surface area contributed by atoms with E-state index < -0.39 is 0 Å². The van der Waals surface area contributed by atoms with Gasteiger partial charge in [0.05, 0.1) is 5.69 Å². The molecule has 0 aliphatic heterocycles. The zero-order valence-electron chi connectivity index (χ0n) is 13.1. The fourth-order valence-corrected chi connectivity index (χ4v) is 3.93. The lowest BCUT2D eigenvalue weighted by Gasteiger charge is -2.14. The Hall–Kier alpha value is -2.23. The number of rotatable bonds is 2. The van der Waals surface area contributed by atoms with Crippen molar-refractivity contribution in [3.8, 4) is 0 Å². The molecule has 0 saturated heterocycles. The van der Waals surface area contributed by atoms with Crippen molar-refractivity contribution >= 4 is 11.9 Å². The molecule has 2 aliphatic carbocycles. The summed E-state index contributed by atoms with van der Waals surface area (Å²) < 4.78 is 0. The van der Waals surface area contributed by atoms with Gasteiger partial charge in [-0.1, -0.05) is 32.0 Å². The van der Waals surface area contributed by atoms with Crippen LogP contribution in [0.1, 0.15) is 47.1 Å². The van der Waals surface area contributed by atoms with E-state index in [1.165, 1.54) is 5.56 Å². The predicted octanol–water partition coefficient (Wildman–Crippen LogP) is 3.33. The summed E-state index contributed by atoms with van der Waals surface area (Å²) in [6, 6.07) is 9.15. The standard InChI is InChI=1S/C18H19N3O/c1-10-14-13(9-12-15(14)18(12,2)3)20-17(19-10)21-16(22)11-7-5-4-6-8-11/h4-8,12,15H,9H2,1-3H3,(H,19,20,21,22). The number of hydrogen-bond donors (Lipinski definition) is 1. The molecule has 1 amide bonds. The molecular weight excluding hydrogens is 274 g/mol. The number of nitrogens with one attached hydrogen (secondary N) is 1. The summed E-state index contributed by atoms with van der Waals surface area (Å²) in [5.41, 5.74) is 4.44. The molecule has 4 rings (SSSR count). The van der Waals surface area contributed by atoms with Crippen LogP contribution in [-0.4, -0.2) is 15.9 Å². The Kier molecular flexibility index (Phi) is 2.68. The largest absolute Gasteiger partial charge is 0.290 e. The second kappa shape index (κ2) is 4.38. The molecule has 1 aromatic heterocycles. The van der Waals surface area contributed by atoms with E-state index in [1.807, 2.05) is 25.1 Å². The van der Waals surface area contributed by atoms with E-state index in [2.05, 4.69) is 29.1 Å². The summed E-state index contributed by atoms with van der Waals surface area (Å²) >= 11 is 0. The van der Waals surface area contributed by atoms with Crippen molar-refractivity contribution in [2.75, 3.05) is 5.32 Å². The summed E-state index contributed by atoms with van der Waals surface area (Å²) in [4.78, 5) is 21.3. The predicted molar refractivity (Wildman–Crippen MR) is 84.9 cm³/mol. The Labute approximate surface area is 130 Å². The maximum absolute atomic E-state index is 12.2. The second-order valence-electron chi connectivity index (χ2n) is 6.92. The van der Waals surface area contributed by atoms with E-state index in [-0.39, 0.29) is 5.91 Å². The molecule has 1 fully saturated rings. The van der Waals surface area contributed by atoms with E-state index in [0.29, 0.717) is 28.8 Å². The van der Waals surface area contributed by atoms with Crippen LogP contribution in [0.5, 0.6) is 0 Å². The average molecular weight is 293 g/mol. The van der Waals surface area contributed by atoms with Gasteiger partial charge < -0.3 is 0 Å².